The van der Waals surface area contributed by atoms with Crippen LogP contribution in [0.15, 0.2) is 40.8 Å². The summed E-state index contributed by atoms with van der Waals surface area (Å²) in [6.07, 6.45) is 5.16. The van der Waals surface area contributed by atoms with E-state index in [0.717, 1.165) is 25.7 Å². The Morgan fingerprint density at radius 1 is 0.923 bits per heavy atom. The SMILES string of the molecule is O=C(O)c1ccc(C(=O)Nc2cccc(NC(=O)C3CCCCC3)c2)o1. The summed E-state index contributed by atoms with van der Waals surface area (Å²) in [5, 5.41) is 14.4. The lowest BCUT2D eigenvalue weighted by Gasteiger charge is -2.20. The molecular weight excluding hydrogens is 336 g/mol. The molecule has 1 aromatic heterocycles. The van der Waals surface area contributed by atoms with Crippen LogP contribution in [0.5, 0.6) is 0 Å². The van der Waals surface area contributed by atoms with Crippen molar-refractivity contribution >= 4 is 29.2 Å². The normalized spacial score (nSPS) is 14.6. The average molecular weight is 356 g/mol. The van der Waals surface area contributed by atoms with E-state index in [0.29, 0.717) is 11.4 Å². The molecule has 1 saturated carbocycles. The van der Waals surface area contributed by atoms with Crippen LogP contribution in [0.4, 0.5) is 11.4 Å². The van der Waals surface area contributed by atoms with Gasteiger partial charge in [-0.3, -0.25) is 9.59 Å². The molecule has 3 rings (SSSR count). The first-order chi connectivity index (χ1) is 12.5. The second-order valence-corrected chi connectivity index (χ2v) is 6.33. The molecule has 2 aromatic rings. The van der Waals surface area contributed by atoms with E-state index < -0.39 is 11.9 Å². The number of hydrogen-bond acceptors (Lipinski definition) is 4. The Kier molecular flexibility index (Phi) is 5.36. The monoisotopic (exact) mass is 356 g/mol. The molecule has 0 spiro atoms. The second kappa shape index (κ2) is 7.86. The molecule has 1 aliphatic carbocycles. The fourth-order valence-electron chi connectivity index (χ4n) is 3.05. The molecule has 7 nitrogen and oxygen atoms in total. The maximum absolute atomic E-state index is 12.3. The minimum Gasteiger partial charge on any atom is -0.475 e. The number of rotatable bonds is 5. The van der Waals surface area contributed by atoms with Gasteiger partial charge in [-0.2, -0.15) is 0 Å². The first-order valence-corrected chi connectivity index (χ1v) is 8.58. The van der Waals surface area contributed by atoms with Gasteiger partial charge in [-0.25, -0.2) is 4.79 Å². The van der Waals surface area contributed by atoms with Crippen molar-refractivity contribution in [2.24, 2.45) is 5.92 Å². The maximum Gasteiger partial charge on any atom is 0.371 e. The lowest BCUT2D eigenvalue weighted by atomic mass is 9.88. The smallest absolute Gasteiger partial charge is 0.371 e. The number of carboxylic acid groups (broad SMARTS) is 1. The highest BCUT2D eigenvalue weighted by atomic mass is 16.4. The van der Waals surface area contributed by atoms with Crippen LogP contribution in [0.1, 0.15) is 53.2 Å². The lowest BCUT2D eigenvalue weighted by Crippen LogP contribution is -2.24. The van der Waals surface area contributed by atoms with Crippen molar-refractivity contribution in [1.82, 2.24) is 0 Å². The van der Waals surface area contributed by atoms with Gasteiger partial charge in [-0.05, 0) is 43.2 Å². The topological polar surface area (TPSA) is 109 Å². The van der Waals surface area contributed by atoms with Gasteiger partial charge >= 0.3 is 5.97 Å². The Morgan fingerprint density at radius 2 is 1.58 bits per heavy atom. The molecule has 26 heavy (non-hydrogen) atoms. The van der Waals surface area contributed by atoms with E-state index in [-0.39, 0.29) is 23.3 Å². The van der Waals surface area contributed by atoms with Crippen molar-refractivity contribution in [2.45, 2.75) is 32.1 Å². The van der Waals surface area contributed by atoms with Crippen LogP contribution in [-0.2, 0) is 4.79 Å². The van der Waals surface area contributed by atoms with Crippen LogP contribution >= 0.6 is 0 Å². The van der Waals surface area contributed by atoms with Crippen LogP contribution in [-0.4, -0.2) is 22.9 Å². The molecule has 0 bridgehead atoms. The third-order valence-corrected chi connectivity index (χ3v) is 4.40. The number of furan rings is 1. The lowest BCUT2D eigenvalue weighted by molar-refractivity contribution is -0.120. The summed E-state index contributed by atoms with van der Waals surface area (Å²) >= 11 is 0. The standard InChI is InChI=1S/C19H20N2O5/c22-17(12-5-2-1-3-6-12)20-13-7-4-8-14(11-13)21-18(23)15-9-10-16(26-15)19(24)25/h4,7-12H,1-3,5-6H2,(H,20,22)(H,21,23)(H,24,25). The zero-order valence-corrected chi connectivity index (χ0v) is 14.2. The number of anilines is 2. The Bertz CT molecular complexity index is 821. The van der Waals surface area contributed by atoms with Gasteiger partial charge in [-0.15, -0.1) is 0 Å². The molecule has 136 valence electrons. The van der Waals surface area contributed by atoms with Gasteiger partial charge in [0.15, 0.2) is 5.76 Å². The molecule has 0 saturated heterocycles. The van der Waals surface area contributed by atoms with Gasteiger partial charge in [0.1, 0.15) is 0 Å². The summed E-state index contributed by atoms with van der Waals surface area (Å²) < 4.78 is 4.97. The third-order valence-electron chi connectivity index (χ3n) is 4.40. The van der Waals surface area contributed by atoms with E-state index >= 15 is 0 Å². The van der Waals surface area contributed by atoms with Gasteiger partial charge in [0.05, 0.1) is 0 Å². The van der Waals surface area contributed by atoms with E-state index in [2.05, 4.69) is 10.6 Å². The van der Waals surface area contributed by atoms with Crippen molar-refractivity contribution in [3.63, 3.8) is 0 Å². The highest BCUT2D eigenvalue weighted by molar-refractivity contribution is 6.03. The van der Waals surface area contributed by atoms with E-state index in [1.54, 1.807) is 24.3 Å². The number of carbonyl (C=O) groups excluding carboxylic acids is 2. The van der Waals surface area contributed by atoms with Crippen LogP contribution in [0.2, 0.25) is 0 Å². The Labute approximate surface area is 150 Å². The quantitative estimate of drug-likeness (QED) is 0.756. The molecular formula is C19H20N2O5. The summed E-state index contributed by atoms with van der Waals surface area (Å²) in [7, 11) is 0. The van der Waals surface area contributed by atoms with Crippen molar-refractivity contribution in [2.75, 3.05) is 10.6 Å². The molecule has 3 N–H and O–H groups in total. The van der Waals surface area contributed by atoms with Gasteiger partial charge in [-0.1, -0.05) is 25.3 Å². The zero-order chi connectivity index (χ0) is 18.5. The Morgan fingerprint density at radius 3 is 2.23 bits per heavy atom. The number of nitrogens with one attached hydrogen (secondary N) is 2. The minimum atomic E-state index is -1.24. The van der Waals surface area contributed by atoms with E-state index in [1.807, 2.05) is 0 Å². The number of hydrogen-bond donors (Lipinski definition) is 3. The molecule has 1 aromatic carbocycles. The summed E-state index contributed by atoms with van der Waals surface area (Å²) in [6, 6.07) is 9.32. The van der Waals surface area contributed by atoms with Gasteiger partial charge in [0, 0.05) is 17.3 Å². The molecule has 7 heteroatoms. The van der Waals surface area contributed by atoms with Gasteiger partial charge in [0.2, 0.25) is 11.7 Å². The highest BCUT2D eigenvalue weighted by Gasteiger charge is 2.21. The van der Waals surface area contributed by atoms with Crippen molar-refractivity contribution in [3.8, 4) is 0 Å². The zero-order valence-electron chi connectivity index (χ0n) is 14.2. The second-order valence-electron chi connectivity index (χ2n) is 6.33. The fraction of sp³-hybridized carbons (Fsp3) is 0.316. The fourth-order valence-corrected chi connectivity index (χ4v) is 3.05. The largest absolute Gasteiger partial charge is 0.475 e. The molecule has 1 heterocycles. The average Bonchev–Trinajstić information content (AvgIpc) is 3.13. The van der Waals surface area contributed by atoms with Crippen LogP contribution in [0.3, 0.4) is 0 Å². The third kappa shape index (κ3) is 4.30. The van der Waals surface area contributed by atoms with Gasteiger partial charge < -0.3 is 20.2 Å². The summed E-state index contributed by atoms with van der Waals surface area (Å²) in [5.74, 6) is -2.16. The van der Waals surface area contributed by atoms with Crippen molar-refractivity contribution in [1.29, 1.82) is 0 Å². The Hall–Kier alpha value is -3.09. The van der Waals surface area contributed by atoms with Crippen molar-refractivity contribution < 1.29 is 23.9 Å². The van der Waals surface area contributed by atoms with Crippen LogP contribution in [0.25, 0.3) is 0 Å². The first-order valence-electron chi connectivity index (χ1n) is 8.58. The van der Waals surface area contributed by atoms with E-state index in [1.165, 1.54) is 18.6 Å². The molecule has 0 aliphatic heterocycles. The van der Waals surface area contributed by atoms with Crippen molar-refractivity contribution in [3.05, 3.63) is 47.9 Å². The molecule has 0 unspecified atom stereocenters. The molecule has 0 atom stereocenters. The predicted molar refractivity (Wildman–Crippen MR) is 95.3 cm³/mol. The van der Waals surface area contributed by atoms with Gasteiger partial charge in [0.25, 0.3) is 5.91 Å². The van der Waals surface area contributed by atoms with E-state index in [9.17, 15) is 14.4 Å². The molecule has 1 aliphatic rings. The number of benzene rings is 1. The summed E-state index contributed by atoms with van der Waals surface area (Å²) in [5.41, 5.74) is 1.08. The van der Waals surface area contributed by atoms with E-state index in [4.69, 9.17) is 9.52 Å². The number of aromatic carboxylic acids is 1. The minimum absolute atomic E-state index is 0.00492. The van der Waals surface area contributed by atoms with Crippen LogP contribution in [0, 0.1) is 5.92 Å². The maximum atomic E-state index is 12.3. The summed E-state index contributed by atoms with van der Waals surface area (Å²) in [4.78, 5) is 35.3. The molecule has 2 amide bonds. The predicted octanol–water partition coefficient (Wildman–Crippen LogP) is 3.75. The first kappa shape index (κ1) is 17.7. The number of carbonyl (C=O) groups is 3. The Balaban J connectivity index is 1.63. The highest BCUT2D eigenvalue weighted by Crippen LogP contribution is 2.25. The number of amides is 2. The van der Waals surface area contributed by atoms with Crippen LogP contribution < -0.4 is 10.6 Å². The molecule has 0 radical (unpaired) electrons. The summed E-state index contributed by atoms with van der Waals surface area (Å²) in [6.45, 7) is 0. The molecule has 1 fully saturated rings. The number of carboxylic acids is 1.